The summed E-state index contributed by atoms with van der Waals surface area (Å²) in [7, 11) is 3.69. The van der Waals surface area contributed by atoms with Crippen LogP contribution in [0.25, 0.3) is 0 Å². The van der Waals surface area contributed by atoms with Crippen molar-refractivity contribution in [1.82, 2.24) is 15.1 Å². The molecule has 0 bridgehead atoms. The van der Waals surface area contributed by atoms with E-state index in [0.29, 0.717) is 11.8 Å². The van der Waals surface area contributed by atoms with Crippen LogP contribution in [0.5, 0.6) is 0 Å². The van der Waals surface area contributed by atoms with Crippen molar-refractivity contribution in [3.63, 3.8) is 0 Å². The number of hydrogen-bond acceptors (Lipinski definition) is 4. The summed E-state index contributed by atoms with van der Waals surface area (Å²) >= 11 is 1.87. The molecule has 2 saturated heterocycles. The SMILES string of the molecule is CN=C(NCC1CCCN(Cc2cccs2)C1)N1CCC(COC)C1.I. The maximum Gasteiger partial charge on any atom is 0.193 e. The van der Waals surface area contributed by atoms with Crippen LogP contribution >= 0.6 is 35.3 Å². The molecule has 2 aliphatic rings. The number of piperidine rings is 1. The number of aliphatic imine (C=N–C) groups is 1. The summed E-state index contributed by atoms with van der Waals surface area (Å²) in [6.07, 6.45) is 3.82. The molecule has 3 rings (SSSR count). The molecule has 2 atom stereocenters. The highest BCUT2D eigenvalue weighted by molar-refractivity contribution is 14.0. The number of likely N-dealkylation sites (tertiary alicyclic amines) is 2. The summed E-state index contributed by atoms with van der Waals surface area (Å²) in [5.41, 5.74) is 0. The zero-order valence-corrected chi connectivity index (χ0v) is 19.2. The summed E-state index contributed by atoms with van der Waals surface area (Å²) in [4.78, 5) is 11.0. The average molecular weight is 492 g/mol. The Hall–Kier alpha value is -0.380. The van der Waals surface area contributed by atoms with Crippen LogP contribution in [-0.2, 0) is 11.3 Å². The third-order valence-electron chi connectivity index (χ3n) is 5.31. The second-order valence-corrected chi connectivity index (χ2v) is 8.34. The molecule has 1 aromatic rings. The molecule has 1 aromatic heterocycles. The van der Waals surface area contributed by atoms with Gasteiger partial charge in [-0.3, -0.25) is 9.89 Å². The number of nitrogens with zero attached hydrogens (tertiary/aromatic N) is 3. The Labute approximate surface area is 179 Å². The van der Waals surface area contributed by atoms with E-state index in [-0.39, 0.29) is 24.0 Å². The first-order valence-corrected chi connectivity index (χ1v) is 10.4. The van der Waals surface area contributed by atoms with Gasteiger partial charge in [0.15, 0.2) is 5.96 Å². The summed E-state index contributed by atoms with van der Waals surface area (Å²) in [5.74, 6) is 2.41. The van der Waals surface area contributed by atoms with Gasteiger partial charge in [0.25, 0.3) is 0 Å². The van der Waals surface area contributed by atoms with E-state index in [1.165, 1.54) is 37.2 Å². The van der Waals surface area contributed by atoms with Gasteiger partial charge in [-0.2, -0.15) is 0 Å². The normalized spacial score (nSPS) is 24.5. The summed E-state index contributed by atoms with van der Waals surface area (Å²) < 4.78 is 5.31. The van der Waals surface area contributed by atoms with Crippen molar-refractivity contribution >= 4 is 41.3 Å². The largest absolute Gasteiger partial charge is 0.384 e. The van der Waals surface area contributed by atoms with Crippen molar-refractivity contribution in [2.45, 2.75) is 25.8 Å². The van der Waals surface area contributed by atoms with E-state index >= 15 is 0 Å². The predicted molar refractivity (Wildman–Crippen MR) is 121 cm³/mol. The lowest BCUT2D eigenvalue weighted by Gasteiger charge is -2.33. The van der Waals surface area contributed by atoms with Gasteiger partial charge in [0.05, 0.1) is 6.61 Å². The van der Waals surface area contributed by atoms with Crippen molar-refractivity contribution in [1.29, 1.82) is 0 Å². The number of rotatable bonds is 6. The van der Waals surface area contributed by atoms with Gasteiger partial charge >= 0.3 is 0 Å². The van der Waals surface area contributed by atoms with Gasteiger partial charge in [0.1, 0.15) is 0 Å². The minimum Gasteiger partial charge on any atom is -0.384 e. The lowest BCUT2D eigenvalue weighted by molar-refractivity contribution is 0.157. The molecular weight excluding hydrogens is 459 g/mol. The second-order valence-electron chi connectivity index (χ2n) is 7.31. The van der Waals surface area contributed by atoms with Crippen LogP contribution in [0.4, 0.5) is 0 Å². The van der Waals surface area contributed by atoms with Gasteiger partial charge in [-0.1, -0.05) is 6.07 Å². The molecule has 148 valence electrons. The molecule has 0 saturated carbocycles. The average Bonchev–Trinajstić information content (AvgIpc) is 3.29. The fraction of sp³-hybridized carbons (Fsp3) is 0.737. The standard InChI is InChI=1S/C19H32N4OS.HI/c1-20-19(23-9-7-17(13-23)15-24-2)21-11-16-5-3-8-22(12-16)14-18-6-4-10-25-18;/h4,6,10,16-17H,3,5,7-9,11-15H2,1-2H3,(H,20,21);1H. The molecular formula is C19H33IN4OS. The van der Waals surface area contributed by atoms with E-state index in [1.54, 1.807) is 7.11 Å². The van der Waals surface area contributed by atoms with E-state index in [1.807, 2.05) is 18.4 Å². The van der Waals surface area contributed by atoms with Gasteiger partial charge in [-0.15, -0.1) is 35.3 Å². The lowest BCUT2D eigenvalue weighted by Crippen LogP contribution is -2.45. The van der Waals surface area contributed by atoms with Gasteiger partial charge in [0.2, 0.25) is 0 Å². The number of methoxy groups -OCH3 is 1. The molecule has 2 fully saturated rings. The lowest BCUT2D eigenvalue weighted by atomic mass is 9.98. The number of hydrogen-bond donors (Lipinski definition) is 1. The highest BCUT2D eigenvalue weighted by Crippen LogP contribution is 2.20. The second kappa shape index (κ2) is 11.5. The molecule has 2 aliphatic heterocycles. The van der Waals surface area contributed by atoms with E-state index in [9.17, 15) is 0 Å². The van der Waals surface area contributed by atoms with E-state index in [0.717, 1.165) is 38.7 Å². The fourth-order valence-corrected chi connectivity index (χ4v) is 4.80. The molecule has 3 heterocycles. The van der Waals surface area contributed by atoms with Crippen molar-refractivity contribution in [2.75, 3.05) is 53.5 Å². The van der Waals surface area contributed by atoms with E-state index in [4.69, 9.17) is 4.74 Å². The van der Waals surface area contributed by atoms with Crippen LogP contribution in [0, 0.1) is 11.8 Å². The number of halogens is 1. The molecule has 0 aliphatic carbocycles. The summed E-state index contributed by atoms with van der Waals surface area (Å²) in [5, 5.41) is 5.81. The predicted octanol–water partition coefficient (Wildman–Crippen LogP) is 3.12. The Morgan fingerprint density at radius 2 is 2.19 bits per heavy atom. The first-order valence-electron chi connectivity index (χ1n) is 9.47. The van der Waals surface area contributed by atoms with E-state index < -0.39 is 0 Å². The number of guanidine groups is 1. The molecule has 0 spiro atoms. The third kappa shape index (κ3) is 6.35. The minimum absolute atomic E-state index is 0. The topological polar surface area (TPSA) is 40.1 Å². The van der Waals surface area contributed by atoms with Crippen LogP contribution in [0.15, 0.2) is 22.5 Å². The Balaban J connectivity index is 0.00000243. The van der Waals surface area contributed by atoms with Crippen LogP contribution in [0.3, 0.4) is 0 Å². The highest BCUT2D eigenvalue weighted by atomic mass is 127. The minimum atomic E-state index is 0. The van der Waals surface area contributed by atoms with E-state index in [2.05, 4.69) is 37.6 Å². The highest BCUT2D eigenvalue weighted by Gasteiger charge is 2.26. The van der Waals surface area contributed by atoms with Crippen LogP contribution in [0.1, 0.15) is 24.1 Å². The maximum absolute atomic E-state index is 5.31. The zero-order chi connectivity index (χ0) is 17.5. The quantitative estimate of drug-likeness (QED) is 0.377. The van der Waals surface area contributed by atoms with Gasteiger partial charge in [0, 0.05) is 57.7 Å². The summed E-state index contributed by atoms with van der Waals surface area (Å²) in [6, 6.07) is 4.40. The molecule has 0 aromatic carbocycles. The maximum atomic E-state index is 5.31. The fourth-order valence-electron chi connectivity index (χ4n) is 4.05. The molecule has 1 N–H and O–H groups in total. The van der Waals surface area contributed by atoms with Crippen LogP contribution in [-0.4, -0.2) is 69.2 Å². The number of thiophene rings is 1. The van der Waals surface area contributed by atoms with Crippen molar-refractivity contribution in [3.8, 4) is 0 Å². The number of ether oxygens (including phenoxy) is 1. The first kappa shape index (κ1) is 21.9. The molecule has 7 heteroatoms. The molecule has 26 heavy (non-hydrogen) atoms. The van der Waals surface area contributed by atoms with Crippen molar-refractivity contribution in [2.24, 2.45) is 16.8 Å². The smallest absolute Gasteiger partial charge is 0.193 e. The Kier molecular flexibility index (Phi) is 9.66. The molecule has 5 nitrogen and oxygen atoms in total. The zero-order valence-electron chi connectivity index (χ0n) is 16.0. The Morgan fingerprint density at radius 1 is 1.31 bits per heavy atom. The first-order chi connectivity index (χ1) is 12.3. The Bertz CT molecular complexity index is 540. The van der Waals surface area contributed by atoms with Crippen LogP contribution in [0.2, 0.25) is 0 Å². The van der Waals surface area contributed by atoms with Gasteiger partial charge < -0.3 is 15.0 Å². The van der Waals surface area contributed by atoms with Gasteiger partial charge in [-0.25, -0.2) is 0 Å². The monoisotopic (exact) mass is 492 g/mol. The number of nitrogens with one attached hydrogen (secondary N) is 1. The van der Waals surface area contributed by atoms with Gasteiger partial charge in [-0.05, 0) is 43.2 Å². The van der Waals surface area contributed by atoms with Crippen molar-refractivity contribution < 1.29 is 4.74 Å². The van der Waals surface area contributed by atoms with Crippen molar-refractivity contribution in [3.05, 3.63) is 22.4 Å². The molecule has 0 amide bonds. The third-order valence-corrected chi connectivity index (χ3v) is 6.17. The Morgan fingerprint density at radius 3 is 2.92 bits per heavy atom. The summed E-state index contributed by atoms with van der Waals surface area (Å²) in [6.45, 7) is 7.55. The molecule has 2 unspecified atom stereocenters. The van der Waals surface area contributed by atoms with Crippen LogP contribution < -0.4 is 5.32 Å². The molecule has 0 radical (unpaired) electrons.